The first-order valence-corrected chi connectivity index (χ1v) is 10.2. The van der Waals surface area contributed by atoms with E-state index in [1.807, 2.05) is 24.3 Å². The van der Waals surface area contributed by atoms with Crippen molar-refractivity contribution in [2.45, 2.75) is 22.4 Å². The van der Waals surface area contributed by atoms with Crippen LogP contribution in [0.3, 0.4) is 0 Å². The van der Waals surface area contributed by atoms with Crippen LogP contribution in [0.25, 0.3) is 0 Å². The van der Waals surface area contributed by atoms with E-state index in [9.17, 15) is 14.4 Å². The van der Waals surface area contributed by atoms with E-state index in [0.717, 1.165) is 15.4 Å². The highest BCUT2D eigenvalue weighted by Crippen LogP contribution is 2.34. The first-order valence-electron chi connectivity index (χ1n) is 9.34. The summed E-state index contributed by atoms with van der Waals surface area (Å²) in [5, 5.41) is 4.83. The van der Waals surface area contributed by atoms with Crippen molar-refractivity contribution in [3.63, 3.8) is 0 Å². The van der Waals surface area contributed by atoms with E-state index in [0.29, 0.717) is 23.5 Å². The summed E-state index contributed by atoms with van der Waals surface area (Å²) in [6.45, 7) is 0.358. The van der Waals surface area contributed by atoms with Gasteiger partial charge in [-0.1, -0.05) is 23.9 Å². The summed E-state index contributed by atoms with van der Waals surface area (Å²) in [6.07, 6.45) is 3.22. The van der Waals surface area contributed by atoms with Gasteiger partial charge in [-0.05, 0) is 48.0 Å². The second-order valence-corrected chi connectivity index (χ2v) is 7.85. The van der Waals surface area contributed by atoms with E-state index in [-0.39, 0.29) is 0 Å². The minimum atomic E-state index is -0.757. The lowest BCUT2D eigenvalue weighted by atomic mass is 10.1. The smallest absolute Gasteiger partial charge is 0.322 e. The number of urea groups is 1. The summed E-state index contributed by atoms with van der Waals surface area (Å²) in [7, 11) is 0. The van der Waals surface area contributed by atoms with Gasteiger partial charge in [0.15, 0.2) is 0 Å². The highest BCUT2D eigenvalue weighted by Gasteiger charge is 2.32. The van der Waals surface area contributed by atoms with Gasteiger partial charge in [0.2, 0.25) is 5.91 Å². The number of nitrogens with zero attached hydrogens (tertiary/aromatic N) is 1. The molecule has 2 heterocycles. The number of nitrogens with two attached hydrogens (primary N) is 1. The van der Waals surface area contributed by atoms with Gasteiger partial charge in [0.05, 0.1) is 0 Å². The molecule has 8 nitrogen and oxygen atoms in total. The number of carbonyl (C=O) groups is 3. The molecule has 3 aromatic rings. The molecule has 1 aromatic heterocycles. The molecule has 0 saturated carbocycles. The third kappa shape index (κ3) is 4.84. The van der Waals surface area contributed by atoms with Crippen molar-refractivity contribution in [2.75, 3.05) is 0 Å². The fraction of sp³-hybridized carbons (Fsp3) is 0.0909. The average Bonchev–Trinajstić information content (AvgIpc) is 3.11. The molecule has 0 bridgehead atoms. The van der Waals surface area contributed by atoms with Crippen LogP contribution in [-0.4, -0.2) is 22.8 Å². The minimum Gasteiger partial charge on any atom is -0.489 e. The van der Waals surface area contributed by atoms with E-state index >= 15 is 0 Å². The largest absolute Gasteiger partial charge is 0.489 e. The zero-order chi connectivity index (χ0) is 21.8. The number of aromatic nitrogens is 1. The Labute approximate surface area is 182 Å². The van der Waals surface area contributed by atoms with Crippen LogP contribution in [0.2, 0.25) is 0 Å². The molecule has 2 aromatic carbocycles. The number of ether oxygens (including phenoxy) is 1. The maximum Gasteiger partial charge on any atom is 0.322 e. The van der Waals surface area contributed by atoms with Crippen molar-refractivity contribution < 1.29 is 19.1 Å². The predicted octanol–water partition coefficient (Wildman–Crippen LogP) is 2.79. The number of carbonyl (C=O) groups excluding carboxylic acids is 3. The van der Waals surface area contributed by atoms with Crippen LogP contribution in [0, 0.1) is 0 Å². The maximum absolute atomic E-state index is 12.0. The Hall–Kier alpha value is -3.85. The van der Waals surface area contributed by atoms with Crippen molar-refractivity contribution in [1.82, 2.24) is 15.6 Å². The number of rotatable bonds is 7. The Morgan fingerprint density at radius 3 is 2.45 bits per heavy atom. The zero-order valence-corrected chi connectivity index (χ0v) is 17.0. The molecule has 31 heavy (non-hydrogen) atoms. The SMILES string of the molecule is NC(=O)c1ccc(COc2ccc(Sc3ccncc3C3NC(=O)NC3=O)cc2)cc1. The number of amides is 4. The maximum atomic E-state index is 12.0. The number of nitrogens with one attached hydrogen (secondary N) is 2. The summed E-state index contributed by atoms with van der Waals surface area (Å²) in [5.74, 6) is -0.165. The molecule has 9 heteroatoms. The highest BCUT2D eigenvalue weighted by molar-refractivity contribution is 7.99. The molecule has 1 saturated heterocycles. The predicted molar refractivity (Wildman–Crippen MR) is 114 cm³/mol. The Morgan fingerprint density at radius 1 is 1.06 bits per heavy atom. The molecule has 0 spiro atoms. The van der Waals surface area contributed by atoms with Crippen LogP contribution in [0.5, 0.6) is 5.75 Å². The Bertz CT molecular complexity index is 1130. The molecule has 0 radical (unpaired) electrons. The third-order valence-corrected chi connectivity index (χ3v) is 5.69. The third-order valence-electron chi connectivity index (χ3n) is 4.59. The molecule has 1 fully saturated rings. The lowest BCUT2D eigenvalue weighted by Gasteiger charge is -2.13. The van der Waals surface area contributed by atoms with Gasteiger partial charge < -0.3 is 15.8 Å². The van der Waals surface area contributed by atoms with Crippen LogP contribution in [0.4, 0.5) is 4.79 Å². The van der Waals surface area contributed by atoms with E-state index in [1.54, 1.807) is 42.7 Å². The fourth-order valence-electron chi connectivity index (χ4n) is 3.00. The number of hydrogen-bond donors (Lipinski definition) is 3. The Kier molecular flexibility index (Phi) is 5.85. The van der Waals surface area contributed by atoms with Crippen molar-refractivity contribution in [2.24, 2.45) is 5.73 Å². The summed E-state index contributed by atoms with van der Waals surface area (Å²) >= 11 is 1.46. The second kappa shape index (κ2) is 8.88. The van der Waals surface area contributed by atoms with Gasteiger partial charge in [-0.2, -0.15) is 0 Å². The van der Waals surface area contributed by atoms with Crippen LogP contribution < -0.4 is 21.1 Å². The fourth-order valence-corrected chi connectivity index (χ4v) is 3.95. The van der Waals surface area contributed by atoms with Crippen LogP contribution >= 0.6 is 11.8 Å². The molecule has 1 unspecified atom stereocenters. The van der Waals surface area contributed by atoms with Crippen molar-refractivity contribution in [1.29, 1.82) is 0 Å². The van der Waals surface area contributed by atoms with E-state index in [1.165, 1.54) is 11.8 Å². The Balaban J connectivity index is 1.41. The quantitative estimate of drug-likeness (QED) is 0.491. The Morgan fingerprint density at radius 2 is 1.81 bits per heavy atom. The van der Waals surface area contributed by atoms with Gasteiger partial charge in [-0.25, -0.2) is 4.79 Å². The highest BCUT2D eigenvalue weighted by atomic mass is 32.2. The molecule has 1 aliphatic rings. The van der Waals surface area contributed by atoms with E-state index < -0.39 is 23.9 Å². The van der Waals surface area contributed by atoms with Crippen LogP contribution in [0.1, 0.15) is 27.5 Å². The molecule has 4 N–H and O–H groups in total. The van der Waals surface area contributed by atoms with Gasteiger partial charge in [0.1, 0.15) is 18.4 Å². The minimum absolute atomic E-state index is 0.358. The summed E-state index contributed by atoms with van der Waals surface area (Å²) in [4.78, 5) is 40.4. The van der Waals surface area contributed by atoms with E-state index in [2.05, 4.69) is 15.6 Å². The number of imide groups is 1. The monoisotopic (exact) mass is 434 g/mol. The van der Waals surface area contributed by atoms with Crippen molar-refractivity contribution >= 4 is 29.6 Å². The standard InChI is InChI=1S/C22H18N4O4S/c23-20(27)14-3-1-13(2-4-14)12-30-15-5-7-16(8-6-15)31-18-9-10-24-11-17(18)19-21(28)26-22(29)25-19/h1-11,19H,12H2,(H2,23,27)(H2,25,26,28,29). The molecule has 156 valence electrons. The summed E-state index contributed by atoms with van der Waals surface area (Å²) < 4.78 is 5.79. The number of hydrogen-bond acceptors (Lipinski definition) is 6. The van der Waals surface area contributed by atoms with E-state index in [4.69, 9.17) is 10.5 Å². The summed E-state index contributed by atoms with van der Waals surface area (Å²) in [6, 6.07) is 15.0. The van der Waals surface area contributed by atoms with Gasteiger partial charge in [0, 0.05) is 33.3 Å². The number of benzene rings is 2. The normalized spacial score (nSPS) is 15.3. The lowest BCUT2D eigenvalue weighted by molar-refractivity contribution is -0.120. The molecule has 4 rings (SSSR count). The van der Waals surface area contributed by atoms with Gasteiger partial charge in [-0.3, -0.25) is 19.9 Å². The number of pyridine rings is 1. The number of primary amides is 1. The molecular formula is C22H18N4O4S. The summed E-state index contributed by atoms with van der Waals surface area (Å²) in [5.41, 5.74) is 7.25. The molecule has 1 atom stereocenters. The molecule has 1 aliphatic heterocycles. The van der Waals surface area contributed by atoms with Crippen molar-refractivity contribution in [3.05, 3.63) is 83.7 Å². The first kappa shape index (κ1) is 20.4. The van der Waals surface area contributed by atoms with Gasteiger partial charge >= 0.3 is 6.03 Å². The molecule has 4 amide bonds. The second-order valence-electron chi connectivity index (χ2n) is 6.73. The molecular weight excluding hydrogens is 416 g/mol. The first-order chi connectivity index (χ1) is 15.0. The van der Waals surface area contributed by atoms with Gasteiger partial charge in [-0.15, -0.1) is 0 Å². The topological polar surface area (TPSA) is 123 Å². The van der Waals surface area contributed by atoms with Crippen molar-refractivity contribution in [3.8, 4) is 5.75 Å². The zero-order valence-electron chi connectivity index (χ0n) is 16.2. The molecule has 0 aliphatic carbocycles. The average molecular weight is 434 g/mol. The van der Waals surface area contributed by atoms with Crippen LogP contribution in [0.15, 0.2) is 76.8 Å². The van der Waals surface area contributed by atoms with Crippen LogP contribution in [-0.2, 0) is 11.4 Å². The van der Waals surface area contributed by atoms with Gasteiger partial charge in [0.25, 0.3) is 5.91 Å². The lowest BCUT2D eigenvalue weighted by Crippen LogP contribution is -2.22.